The Morgan fingerprint density at radius 2 is 1.73 bits per heavy atom. The Hall–Kier alpha value is -1.98. The van der Waals surface area contributed by atoms with Crippen LogP contribution < -0.4 is 15.5 Å². The Labute approximate surface area is 136 Å². The van der Waals surface area contributed by atoms with Crippen molar-refractivity contribution in [1.29, 1.82) is 0 Å². The Kier molecular flexibility index (Phi) is 5.86. The number of rotatable bonds is 5. The number of halogens is 1. The van der Waals surface area contributed by atoms with Crippen molar-refractivity contribution >= 4 is 23.0 Å². The van der Waals surface area contributed by atoms with Crippen LogP contribution in [0.25, 0.3) is 0 Å². The van der Waals surface area contributed by atoms with Crippen molar-refractivity contribution in [3.05, 3.63) is 66.0 Å². The van der Waals surface area contributed by atoms with Crippen molar-refractivity contribution in [2.45, 2.75) is 6.04 Å². The molecule has 0 saturated carbocycles. The SMILES string of the molecule is C[NH+](C)[C@@H](CNC(=S)Nc1ccc(F)cc1)c1ccccc1. The summed E-state index contributed by atoms with van der Waals surface area (Å²) >= 11 is 5.30. The second kappa shape index (κ2) is 7.87. The van der Waals surface area contributed by atoms with Crippen molar-refractivity contribution in [1.82, 2.24) is 5.32 Å². The third-order valence-electron chi connectivity index (χ3n) is 3.47. The third kappa shape index (κ3) is 4.79. The topological polar surface area (TPSA) is 28.5 Å². The lowest BCUT2D eigenvalue weighted by Crippen LogP contribution is -3.07. The Morgan fingerprint density at radius 1 is 1.09 bits per heavy atom. The summed E-state index contributed by atoms with van der Waals surface area (Å²) in [5, 5.41) is 6.83. The minimum absolute atomic E-state index is 0.259. The molecule has 22 heavy (non-hydrogen) atoms. The largest absolute Gasteiger partial charge is 0.356 e. The highest BCUT2D eigenvalue weighted by atomic mass is 32.1. The van der Waals surface area contributed by atoms with Crippen LogP contribution in [0.3, 0.4) is 0 Å². The van der Waals surface area contributed by atoms with E-state index in [1.807, 2.05) is 18.2 Å². The van der Waals surface area contributed by atoms with Crippen LogP contribution in [0, 0.1) is 5.82 Å². The van der Waals surface area contributed by atoms with Crippen molar-refractivity contribution in [2.75, 3.05) is 26.0 Å². The van der Waals surface area contributed by atoms with E-state index in [1.54, 1.807) is 12.1 Å². The first-order valence-electron chi connectivity index (χ1n) is 7.21. The van der Waals surface area contributed by atoms with E-state index in [1.165, 1.54) is 22.6 Å². The molecule has 3 nitrogen and oxygen atoms in total. The standard InChI is InChI=1S/C17H20FN3S/c1-21(2)16(13-6-4-3-5-7-13)12-19-17(22)20-15-10-8-14(18)9-11-15/h3-11,16H,12H2,1-2H3,(H2,19,20,22)/p+1/t16-/m0/s1. The molecule has 0 aromatic heterocycles. The van der Waals surface area contributed by atoms with E-state index in [9.17, 15) is 4.39 Å². The van der Waals surface area contributed by atoms with Gasteiger partial charge in [-0.15, -0.1) is 0 Å². The average Bonchev–Trinajstić information content (AvgIpc) is 2.50. The van der Waals surface area contributed by atoms with Gasteiger partial charge in [0.15, 0.2) is 5.11 Å². The van der Waals surface area contributed by atoms with Gasteiger partial charge >= 0.3 is 0 Å². The number of benzene rings is 2. The lowest BCUT2D eigenvalue weighted by molar-refractivity contribution is -0.890. The molecule has 0 aliphatic heterocycles. The highest BCUT2D eigenvalue weighted by Gasteiger charge is 2.17. The van der Waals surface area contributed by atoms with Gasteiger partial charge in [0, 0.05) is 11.3 Å². The summed E-state index contributed by atoms with van der Waals surface area (Å²) in [6.07, 6.45) is 0. The summed E-state index contributed by atoms with van der Waals surface area (Å²) in [5.41, 5.74) is 2.03. The van der Waals surface area contributed by atoms with Crippen LogP contribution in [0.4, 0.5) is 10.1 Å². The number of thiocarbonyl (C=S) groups is 1. The molecule has 0 spiro atoms. The number of hydrogen-bond donors (Lipinski definition) is 3. The van der Waals surface area contributed by atoms with Gasteiger partial charge in [-0.3, -0.25) is 0 Å². The Balaban J connectivity index is 1.92. The predicted octanol–water partition coefficient (Wildman–Crippen LogP) is 2.00. The molecule has 0 saturated heterocycles. The zero-order chi connectivity index (χ0) is 15.9. The van der Waals surface area contributed by atoms with E-state index in [0.717, 1.165) is 12.2 Å². The van der Waals surface area contributed by atoms with E-state index in [0.29, 0.717) is 11.2 Å². The summed E-state index contributed by atoms with van der Waals surface area (Å²) in [6, 6.07) is 16.8. The number of likely N-dealkylation sites (N-methyl/N-ethyl adjacent to an activating group) is 1. The van der Waals surface area contributed by atoms with Crippen LogP contribution in [0.1, 0.15) is 11.6 Å². The van der Waals surface area contributed by atoms with Gasteiger partial charge in [-0.25, -0.2) is 4.39 Å². The fraction of sp³-hybridized carbons (Fsp3) is 0.235. The molecule has 5 heteroatoms. The summed E-state index contributed by atoms with van der Waals surface area (Å²) in [5.74, 6) is -0.259. The quantitative estimate of drug-likeness (QED) is 0.737. The average molecular weight is 318 g/mol. The molecule has 1 atom stereocenters. The number of quaternary nitrogens is 1. The molecule has 3 N–H and O–H groups in total. The van der Waals surface area contributed by atoms with Crippen LogP contribution >= 0.6 is 12.2 Å². The monoisotopic (exact) mass is 318 g/mol. The molecule has 0 unspecified atom stereocenters. The Morgan fingerprint density at radius 3 is 2.32 bits per heavy atom. The fourth-order valence-corrected chi connectivity index (χ4v) is 2.45. The maximum Gasteiger partial charge on any atom is 0.171 e. The second-order valence-corrected chi connectivity index (χ2v) is 5.79. The number of nitrogens with one attached hydrogen (secondary N) is 3. The molecule has 0 bridgehead atoms. The van der Waals surface area contributed by atoms with E-state index in [4.69, 9.17) is 12.2 Å². The van der Waals surface area contributed by atoms with Crippen LogP contribution in [0.2, 0.25) is 0 Å². The first kappa shape index (κ1) is 16.4. The minimum atomic E-state index is -0.259. The third-order valence-corrected chi connectivity index (χ3v) is 3.71. The van der Waals surface area contributed by atoms with Crippen molar-refractivity contribution in [3.8, 4) is 0 Å². The van der Waals surface area contributed by atoms with Gasteiger partial charge in [0.2, 0.25) is 0 Å². The van der Waals surface area contributed by atoms with Gasteiger partial charge in [0.1, 0.15) is 11.9 Å². The van der Waals surface area contributed by atoms with E-state index >= 15 is 0 Å². The zero-order valence-electron chi connectivity index (χ0n) is 12.8. The minimum Gasteiger partial charge on any atom is -0.356 e. The molecule has 0 aliphatic carbocycles. The summed E-state index contributed by atoms with van der Waals surface area (Å²) < 4.78 is 12.9. The molecule has 2 rings (SSSR count). The molecular formula is C17H21FN3S+. The molecule has 116 valence electrons. The van der Waals surface area contributed by atoms with Crippen LogP contribution in [0.5, 0.6) is 0 Å². The van der Waals surface area contributed by atoms with Gasteiger partial charge < -0.3 is 15.5 Å². The van der Waals surface area contributed by atoms with Crippen LogP contribution in [-0.2, 0) is 0 Å². The van der Waals surface area contributed by atoms with Gasteiger partial charge in [0.25, 0.3) is 0 Å². The van der Waals surface area contributed by atoms with Gasteiger partial charge in [-0.2, -0.15) is 0 Å². The predicted molar refractivity (Wildman–Crippen MR) is 92.6 cm³/mol. The number of hydrogen-bond acceptors (Lipinski definition) is 1. The maximum atomic E-state index is 12.9. The van der Waals surface area contributed by atoms with Crippen LogP contribution in [-0.4, -0.2) is 25.8 Å². The molecule has 0 fully saturated rings. The summed E-state index contributed by atoms with van der Waals surface area (Å²) in [6.45, 7) is 0.722. The molecule has 0 amide bonds. The zero-order valence-corrected chi connectivity index (χ0v) is 13.6. The normalized spacial score (nSPS) is 12.0. The molecule has 2 aromatic carbocycles. The Bertz CT molecular complexity index is 599. The lowest BCUT2D eigenvalue weighted by Gasteiger charge is -2.23. The molecular weight excluding hydrogens is 297 g/mol. The molecule has 0 aliphatic rings. The molecule has 0 heterocycles. The second-order valence-electron chi connectivity index (χ2n) is 5.38. The maximum absolute atomic E-state index is 12.9. The fourth-order valence-electron chi connectivity index (χ4n) is 2.24. The number of anilines is 1. The van der Waals surface area contributed by atoms with E-state index in [2.05, 4.69) is 36.9 Å². The van der Waals surface area contributed by atoms with Crippen molar-refractivity contribution in [2.24, 2.45) is 0 Å². The first-order chi connectivity index (χ1) is 10.6. The van der Waals surface area contributed by atoms with E-state index in [-0.39, 0.29) is 5.82 Å². The smallest absolute Gasteiger partial charge is 0.171 e. The summed E-state index contributed by atoms with van der Waals surface area (Å²) in [7, 11) is 4.24. The molecule has 2 aromatic rings. The summed E-state index contributed by atoms with van der Waals surface area (Å²) in [4.78, 5) is 1.32. The van der Waals surface area contributed by atoms with Gasteiger partial charge in [0.05, 0.1) is 20.6 Å². The van der Waals surface area contributed by atoms with E-state index < -0.39 is 0 Å². The van der Waals surface area contributed by atoms with Crippen molar-refractivity contribution in [3.63, 3.8) is 0 Å². The lowest BCUT2D eigenvalue weighted by atomic mass is 10.1. The van der Waals surface area contributed by atoms with Crippen molar-refractivity contribution < 1.29 is 9.29 Å². The highest BCUT2D eigenvalue weighted by Crippen LogP contribution is 2.09. The highest BCUT2D eigenvalue weighted by molar-refractivity contribution is 7.80. The van der Waals surface area contributed by atoms with Gasteiger partial charge in [-0.1, -0.05) is 30.3 Å². The molecule has 0 radical (unpaired) electrons. The van der Waals surface area contributed by atoms with Crippen LogP contribution in [0.15, 0.2) is 54.6 Å². The van der Waals surface area contributed by atoms with Gasteiger partial charge in [-0.05, 0) is 36.5 Å². The first-order valence-corrected chi connectivity index (χ1v) is 7.62.